The number of fused-ring (bicyclic) bond motifs is 1. The summed E-state index contributed by atoms with van der Waals surface area (Å²) in [5.41, 5.74) is 13.2. The van der Waals surface area contributed by atoms with Crippen molar-refractivity contribution in [2.75, 3.05) is 18.5 Å². The van der Waals surface area contributed by atoms with Crippen molar-refractivity contribution in [3.63, 3.8) is 0 Å². The predicted octanol–water partition coefficient (Wildman–Crippen LogP) is 0.210. The minimum Gasteiger partial charge on any atom is -0.480 e. The Labute approximate surface area is 189 Å². The largest absolute Gasteiger partial charge is 0.480 e. The number of carbonyl (C=O) groups is 3. The van der Waals surface area contributed by atoms with Crippen LogP contribution in [-0.4, -0.2) is 66.7 Å². The van der Waals surface area contributed by atoms with Crippen LogP contribution in [0.5, 0.6) is 0 Å². The highest BCUT2D eigenvalue weighted by Crippen LogP contribution is 2.19. The molecule has 1 aliphatic carbocycles. The predicted molar refractivity (Wildman–Crippen MR) is 121 cm³/mol. The zero-order valence-electron chi connectivity index (χ0n) is 18.4. The molecule has 0 spiro atoms. The number of rotatable bonds is 9. The molecule has 174 valence electrons. The number of anilines is 2. The highest BCUT2D eigenvalue weighted by Gasteiger charge is 2.23. The van der Waals surface area contributed by atoms with Gasteiger partial charge >= 0.3 is 5.97 Å². The first kappa shape index (κ1) is 23.7. The standard InChI is InChI=1S/C21H26N8O4/c1-11(30)3-8-15(20(32)33)26-19(31)12-4-6-14(7-5-12)29(2)10-13-9-24-18-16(25-13)17(22)27-21(23)28-18/h4-6,9,14-15H,3,7-8,10H2,1-2H3,(H,26,31)(H,32,33)(H4,22,23,24,27,28)/t14?,15-/m0/s1/i2+1,3+1,4+1,5+1,6+1,7+1,8+1,9+1,10+1,11+1,12+1,13+1,14+1,15+1,16+1,17+1,18+1,19+1,20+1,21+1. The van der Waals surface area contributed by atoms with Crippen LogP contribution < -0.4 is 16.8 Å². The third-order valence-corrected chi connectivity index (χ3v) is 5.21. The van der Waals surface area contributed by atoms with Crippen molar-refractivity contribution in [2.45, 2.75) is 44.8 Å². The van der Waals surface area contributed by atoms with Gasteiger partial charge in [0.15, 0.2) is 17.0 Å². The van der Waals surface area contributed by atoms with Gasteiger partial charge in [-0.3, -0.25) is 9.69 Å². The van der Waals surface area contributed by atoms with Crippen LogP contribution in [0.15, 0.2) is 30.0 Å². The van der Waals surface area contributed by atoms with Gasteiger partial charge in [-0.25, -0.2) is 14.8 Å². The van der Waals surface area contributed by atoms with Crippen molar-refractivity contribution in [1.82, 2.24) is 30.2 Å². The lowest BCUT2D eigenvalue weighted by atomic mass is 10.9. The summed E-state index contributed by atoms with van der Waals surface area (Å²) in [7, 11) is 1.91. The average Bonchev–Trinajstić information content (AvgIpc) is 2.76. The number of ketones is 1. The smallest absolute Gasteiger partial charge is 0.326 e. The SMILES string of the molecule is C[13C](=O)[13CH2][13CH2][13C@H](N[13C](=O)[13C]1=[13CH][13CH2][13CH](N([13CH3])[13CH2][13c]2[13cH]n[13c]3n[13c](N)n[13c](N)[13c]3n2)[13CH]=[13CH]1)[13C](=O)O. The van der Waals surface area contributed by atoms with Gasteiger partial charge in [-0.1, -0.05) is 18.2 Å². The van der Waals surface area contributed by atoms with Crippen LogP contribution in [0.2, 0.25) is 0 Å². The van der Waals surface area contributed by atoms with Gasteiger partial charge in [-0.15, -0.1) is 0 Å². The molecule has 33 heavy (non-hydrogen) atoms. The van der Waals surface area contributed by atoms with Crippen LogP contribution in [0, 0.1) is 0 Å². The van der Waals surface area contributed by atoms with E-state index >= 15 is 0 Å². The maximum atomic E-state index is 12.5. The Morgan fingerprint density at radius 2 is 2.03 bits per heavy atom. The van der Waals surface area contributed by atoms with Crippen LogP contribution in [0.3, 0.4) is 0 Å². The number of nitrogens with zero attached hydrogens (tertiary/aromatic N) is 5. The molecule has 2 aromatic rings. The van der Waals surface area contributed by atoms with Gasteiger partial charge < -0.3 is 26.7 Å². The number of nitrogen functional groups attached to an aromatic ring is 2. The van der Waals surface area contributed by atoms with E-state index in [0.29, 0.717) is 35.4 Å². The molecule has 0 saturated carbocycles. The molecule has 0 bridgehead atoms. The number of aromatic nitrogens is 4. The quantitative estimate of drug-likeness (QED) is 0.363. The molecule has 0 saturated heterocycles. The highest BCUT2D eigenvalue weighted by molar-refractivity contribution is 5.98. The molecule has 1 aliphatic rings. The Morgan fingerprint density at radius 1 is 1.27 bits per heavy atom. The molecule has 6 N–H and O–H groups in total. The lowest BCUT2D eigenvalue weighted by Crippen LogP contribution is -2.42. The molecule has 0 aromatic carbocycles. The molecular weight excluding hydrogens is 448 g/mol. The Balaban J connectivity index is 1.60. The second-order valence-corrected chi connectivity index (χ2v) is 7.84. The monoisotopic (exact) mass is 474 g/mol. The molecule has 2 aromatic heterocycles. The number of Topliss-reactive ketones (excluding diaryl/α,β-unsaturated/α-hetero) is 1. The molecule has 0 radical (unpaired) electrons. The number of aliphatic carboxylic acids is 1. The van der Waals surface area contributed by atoms with E-state index in [2.05, 4.69) is 25.3 Å². The highest BCUT2D eigenvalue weighted by atomic mass is 16.5. The second-order valence-electron chi connectivity index (χ2n) is 7.84. The van der Waals surface area contributed by atoms with Crippen LogP contribution in [0.25, 0.3) is 11.2 Å². The fourth-order valence-electron chi connectivity index (χ4n) is 3.38. The fraction of sp³-hybridized carbons (Fsp3) is 0.381. The summed E-state index contributed by atoms with van der Waals surface area (Å²) in [6.45, 7) is 1.84. The normalized spacial score (nSPS) is 16.5. The number of carboxylic acids is 1. The molecule has 3 rings (SSSR count). The van der Waals surface area contributed by atoms with Crippen molar-refractivity contribution in [3.8, 4) is 0 Å². The van der Waals surface area contributed by atoms with Crippen LogP contribution in [0.4, 0.5) is 11.8 Å². The average molecular weight is 474 g/mol. The van der Waals surface area contributed by atoms with E-state index in [0.717, 1.165) is 0 Å². The lowest BCUT2D eigenvalue weighted by Gasteiger charge is -2.26. The van der Waals surface area contributed by atoms with Gasteiger partial charge in [-0.05, 0) is 26.8 Å². The Morgan fingerprint density at radius 3 is 2.67 bits per heavy atom. The number of hydrogen-bond donors (Lipinski definition) is 4. The summed E-state index contributed by atoms with van der Waals surface area (Å²) in [4.78, 5) is 53.6. The molecule has 0 fully saturated rings. The van der Waals surface area contributed by atoms with Crippen LogP contribution in [-0.2, 0) is 20.9 Å². The number of likely N-dealkylation sites (N-methyl/N-ethyl adjacent to an activating group) is 1. The Hall–Kier alpha value is -3.93. The summed E-state index contributed by atoms with van der Waals surface area (Å²) in [6.07, 6.45) is 7.55. The van der Waals surface area contributed by atoms with Gasteiger partial charge in [0.25, 0.3) is 5.91 Å². The second kappa shape index (κ2) is 10.1. The first-order valence-corrected chi connectivity index (χ1v) is 10.3. The number of hydrogen-bond acceptors (Lipinski definition) is 10. The van der Waals surface area contributed by atoms with Crippen molar-refractivity contribution in [1.29, 1.82) is 0 Å². The Bertz CT molecular complexity index is 1150. The number of nitrogens with two attached hydrogens (primary N) is 2. The Kier molecular flexibility index (Phi) is 7.28. The maximum absolute atomic E-state index is 12.5. The topological polar surface area (TPSA) is 190 Å². The van der Waals surface area contributed by atoms with Gasteiger partial charge in [0, 0.05) is 24.6 Å². The lowest BCUT2D eigenvalue weighted by molar-refractivity contribution is -0.141. The summed E-state index contributed by atoms with van der Waals surface area (Å²) in [5, 5.41) is 11.8. The summed E-state index contributed by atoms with van der Waals surface area (Å²) >= 11 is 0. The summed E-state index contributed by atoms with van der Waals surface area (Å²) in [5.74, 6) is -1.60. The molecule has 1 amide bonds. The van der Waals surface area contributed by atoms with Gasteiger partial charge in [0.1, 0.15) is 11.8 Å². The molecular formula is C21H26N8O4. The van der Waals surface area contributed by atoms with Crippen LogP contribution in [0.1, 0.15) is 31.9 Å². The molecule has 2 atom stereocenters. The van der Waals surface area contributed by atoms with Crippen LogP contribution >= 0.6 is 0 Å². The van der Waals surface area contributed by atoms with Gasteiger partial charge in [0.2, 0.25) is 5.95 Å². The van der Waals surface area contributed by atoms with E-state index in [4.69, 9.17) is 11.5 Å². The first-order chi connectivity index (χ1) is 15.6. The molecule has 1 unspecified atom stereocenters. The van der Waals surface area contributed by atoms with Crippen molar-refractivity contribution in [3.05, 3.63) is 35.7 Å². The maximum Gasteiger partial charge on any atom is 0.326 e. The third kappa shape index (κ3) is 6.07. The molecule has 12 nitrogen and oxygen atoms in total. The number of carboxylic acid groups (broad SMARTS) is 1. The minimum atomic E-state index is -1.17. The number of nitrogens with one attached hydrogen (secondary N) is 1. The van der Waals surface area contributed by atoms with E-state index in [9.17, 15) is 19.5 Å². The van der Waals surface area contributed by atoms with E-state index in [1.165, 1.54) is 6.92 Å². The van der Waals surface area contributed by atoms with E-state index < -0.39 is 17.9 Å². The van der Waals surface area contributed by atoms with E-state index in [-0.39, 0.29) is 36.4 Å². The fourth-order valence-corrected chi connectivity index (χ4v) is 3.38. The van der Waals surface area contributed by atoms with E-state index in [1.54, 1.807) is 18.3 Å². The van der Waals surface area contributed by atoms with Crippen molar-refractivity contribution < 1.29 is 19.5 Å². The molecule has 0 aliphatic heterocycles. The minimum absolute atomic E-state index is 0.00737. The van der Waals surface area contributed by atoms with Gasteiger partial charge in [0.05, 0.1) is 11.9 Å². The summed E-state index contributed by atoms with van der Waals surface area (Å²) in [6, 6.07) is -1.12. The molecule has 2 heterocycles. The van der Waals surface area contributed by atoms with Crippen molar-refractivity contribution in [2.24, 2.45) is 0 Å². The first-order valence-electron chi connectivity index (χ1n) is 10.3. The zero-order valence-corrected chi connectivity index (χ0v) is 18.4. The summed E-state index contributed by atoms with van der Waals surface area (Å²) < 4.78 is 0. The number of carbonyl (C=O) groups excluding carboxylic acids is 2. The number of amides is 1. The van der Waals surface area contributed by atoms with Gasteiger partial charge in [-0.2, -0.15) is 9.97 Å². The zero-order chi connectivity index (χ0) is 24.1. The van der Waals surface area contributed by atoms with E-state index in [1.807, 2.05) is 18.0 Å². The van der Waals surface area contributed by atoms with Crippen molar-refractivity contribution >= 4 is 40.6 Å². The third-order valence-electron chi connectivity index (χ3n) is 5.21. The molecule has 12 heteroatoms.